The molecule has 1 atom stereocenters. The number of hydroxylamine groups is 3. The summed E-state index contributed by atoms with van der Waals surface area (Å²) >= 11 is 6.01. The maximum Gasteiger partial charge on any atom is 0.412 e. The number of likely N-dealkylation sites (N-methyl/N-ethyl adjacent to an activating group) is 1. The first-order chi connectivity index (χ1) is 15.3. The third-order valence-corrected chi connectivity index (χ3v) is 6.03. The summed E-state index contributed by atoms with van der Waals surface area (Å²) in [6.07, 6.45) is -1.56. The first kappa shape index (κ1) is 25.3. The number of ether oxygens (including phenoxy) is 1. The van der Waals surface area contributed by atoms with Gasteiger partial charge in [0.1, 0.15) is 11.0 Å². The van der Waals surface area contributed by atoms with E-state index in [4.69, 9.17) is 16.3 Å². The number of nitrogens with zero attached hydrogens (tertiary/aromatic N) is 5. The molecule has 1 unspecified atom stereocenters. The van der Waals surface area contributed by atoms with Crippen molar-refractivity contribution in [3.63, 3.8) is 0 Å². The number of quaternary nitrogens is 1. The van der Waals surface area contributed by atoms with Gasteiger partial charge in [-0.2, -0.15) is 0 Å². The highest BCUT2D eigenvalue weighted by atomic mass is 35.5. The van der Waals surface area contributed by atoms with Gasteiger partial charge in [-0.15, -0.1) is 0 Å². The van der Waals surface area contributed by atoms with Crippen LogP contribution in [-0.2, 0) is 4.74 Å². The number of anilines is 1. The number of rotatable bonds is 2. The Hall–Kier alpha value is -3.35. The Morgan fingerprint density at radius 3 is 2.50 bits per heavy atom. The van der Waals surface area contributed by atoms with Crippen molar-refractivity contribution in [1.82, 2.24) is 14.9 Å². The molecule has 0 saturated carbocycles. The van der Waals surface area contributed by atoms with Gasteiger partial charge in [0.15, 0.2) is 5.65 Å². The second kappa shape index (κ2) is 9.49. The topological polar surface area (TPSA) is 162 Å². The number of benzene rings is 1. The highest BCUT2D eigenvalue weighted by Gasteiger charge is 2.42. The van der Waals surface area contributed by atoms with Crippen molar-refractivity contribution in [1.29, 1.82) is 0 Å². The molecule has 2 aliphatic heterocycles. The zero-order chi connectivity index (χ0) is 22.5. The van der Waals surface area contributed by atoms with Crippen molar-refractivity contribution in [3.8, 4) is 0 Å². The Bertz CT molecular complexity index is 1230. The molecule has 1 saturated heterocycles. The van der Waals surface area contributed by atoms with Gasteiger partial charge in [0, 0.05) is 16.5 Å². The van der Waals surface area contributed by atoms with Crippen LogP contribution in [0.25, 0.3) is 11.0 Å². The van der Waals surface area contributed by atoms with E-state index in [9.17, 15) is 14.8 Å². The summed E-state index contributed by atoms with van der Waals surface area (Å²) in [5.74, 6) is -0.0246. The number of hydrogen-bond donors (Lipinski definition) is 0. The first-order valence-corrected chi connectivity index (χ1v) is 10.6. The quantitative estimate of drug-likeness (QED) is 0.302. The average molecular weight is 490 g/mol. The molecule has 0 aliphatic carbocycles. The second-order valence-corrected chi connectivity index (χ2v) is 8.47. The van der Waals surface area contributed by atoms with Crippen LogP contribution in [0.15, 0.2) is 48.5 Å². The molecule has 0 spiro atoms. The van der Waals surface area contributed by atoms with E-state index in [1.807, 2.05) is 0 Å². The summed E-state index contributed by atoms with van der Waals surface area (Å²) in [6, 6.07) is 13.9. The second-order valence-electron chi connectivity index (χ2n) is 8.08. The van der Waals surface area contributed by atoms with Crippen molar-refractivity contribution in [2.75, 3.05) is 38.1 Å². The number of aromatic nitrogens is 2. The molecule has 1 fully saturated rings. The average Bonchev–Trinajstić information content (AvgIpc) is 3.05. The van der Waals surface area contributed by atoms with E-state index in [2.05, 4.69) is 9.97 Å². The number of amides is 2. The summed E-state index contributed by atoms with van der Waals surface area (Å²) in [4.78, 5) is 37.7. The summed E-state index contributed by atoms with van der Waals surface area (Å²) in [7, 11) is 1.59. The lowest BCUT2D eigenvalue weighted by atomic mass is 10.1. The summed E-state index contributed by atoms with van der Waals surface area (Å²) in [6.45, 7) is 1.16. The molecule has 0 bridgehead atoms. The number of carbonyl (C=O) groups excluding carboxylic acids is 2. The number of hydrogen-bond acceptors (Lipinski definition) is 6. The molecular weight excluding hydrogens is 466 g/mol. The van der Waals surface area contributed by atoms with Crippen molar-refractivity contribution in [2.45, 2.75) is 6.23 Å². The fourth-order valence-corrected chi connectivity index (χ4v) is 4.11. The van der Waals surface area contributed by atoms with Crippen LogP contribution in [-0.4, -0.2) is 75.7 Å². The highest BCUT2D eigenvalue weighted by molar-refractivity contribution is 6.29. The van der Waals surface area contributed by atoms with Gasteiger partial charge in [-0.25, -0.2) is 14.8 Å². The van der Waals surface area contributed by atoms with E-state index in [-0.39, 0.29) is 48.2 Å². The number of piperazine rings is 1. The van der Waals surface area contributed by atoms with Crippen molar-refractivity contribution >= 4 is 40.5 Å². The molecule has 34 heavy (non-hydrogen) atoms. The zero-order valence-electron chi connectivity index (χ0n) is 18.3. The Morgan fingerprint density at radius 2 is 1.76 bits per heavy atom. The van der Waals surface area contributed by atoms with Gasteiger partial charge >= 0.3 is 6.09 Å². The molecule has 5 rings (SSSR count). The van der Waals surface area contributed by atoms with Crippen LogP contribution in [0, 0.1) is 5.21 Å². The van der Waals surface area contributed by atoms with Crippen LogP contribution >= 0.6 is 11.6 Å². The number of carbonyl (C=O) groups is 2. The molecule has 1 aromatic carbocycles. The number of fused-ring (bicyclic) bond motifs is 2. The Morgan fingerprint density at radius 1 is 1.09 bits per heavy atom. The van der Waals surface area contributed by atoms with E-state index in [0.717, 1.165) is 5.39 Å². The maximum atomic E-state index is 13.2. The van der Waals surface area contributed by atoms with Crippen LogP contribution in [0.2, 0.25) is 5.15 Å². The van der Waals surface area contributed by atoms with Gasteiger partial charge in [-0.1, -0.05) is 29.8 Å². The SMILES string of the molecule is C[N+]1([O-])CCN(C(=O)OC2c3ccccc3C(=O)N2c2ccc3ccc(Cl)nc3n2)CC1.O.O. The fourth-order valence-electron chi connectivity index (χ4n) is 3.96. The molecular formula is C22H24ClN5O6. The minimum absolute atomic E-state index is 0. The Labute approximate surface area is 199 Å². The van der Waals surface area contributed by atoms with Crippen LogP contribution in [0.1, 0.15) is 22.1 Å². The molecule has 12 heteroatoms. The van der Waals surface area contributed by atoms with Gasteiger partial charge in [-0.3, -0.25) is 14.6 Å². The lowest BCUT2D eigenvalue weighted by Gasteiger charge is -2.44. The van der Waals surface area contributed by atoms with Gasteiger partial charge in [0.05, 0.1) is 33.2 Å². The van der Waals surface area contributed by atoms with E-state index < -0.39 is 17.0 Å². The Balaban J connectivity index is 0.00000162. The van der Waals surface area contributed by atoms with E-state index >= 15 is 0 Å². The first-order valence-electron chi connectivity index (χ1n) is 10.2. The van der Waals surface area contributed by atoms with Crippen LogP contribution in [0.4, 0.5) is 10.6 Å². The molecule has 2 amide bonds. The summed E-state index contributed by atoms with van der Waals surface area (Å²) in [5, 5.41) is 13.1. The Kier molecular flexibility index (Phi) is 7.05. The maximum absolute atomic E-state index is 13.2. The zero-order valence-corrected chi connectivity index (χ0v) is 19.0. The van der Waals surface area contributed by atoms with E-state index in [0.29, 0.717) is 22.6 Å². The molecule has 3 aromatic rings. The molecule has 0 radical (unpaired) electrons. The van der Waals surface area contributed by atoms with Crippen molar-refractivity contribution < 1.29 is 29.9 Å². The molecule has 4 heterocycles. The minimum Gasteiger partial charge on any atom is -0.633 e. The van der Waals surface area contributed by atoms with Gasteiger partial charge in [0.25, 0.3) is 5.91 Å². The summed E-state index contributed by atoms with van der Waals surface area (Å²) in [5.41, 5.74) is 1.40. The van der Waals surface area contributed by atoms with Crippen LogP contribution < -0.4 is 4.90 Å². The third-order valence-electron chi connectivity index (χ3n) is 5.82. The number of pyridine rings is 2. The molecule has 2 aliphatic rings. The lowest BCUT2D eigenvalue weighted by Crippen LogP contribution is -2.55. The highest BCUT2D eigenvalue weighted by Crippen LogP contribution is 2.38. The fraction of sp³-hybridized carbons (Fsp3) is 0.273. The summed E-state index contributed by atoms with van der Waals surface area (Å²) < 4.78 is 5.42. The van der Waals surface area contributed by atoms with Crippen LogP contribution in [0.3, 0.4) is 0 Å². The lowest BCUT2D eigenvalue weighted by molar-refractivity contribution is -0.864. The minimum atomic E-state index is -0.981. The van der Waals surface area contributed by atoms with Gasteiger partial charge < -0.3 is 25.5 Å². The monoisotopic (exact) mass is 489 g/mol. The van der Waals surface area contributed by atoms with Crippen LogP contribution in [0.5, 0.6) is 0 Å². The molecule has 11 nitrogen and oxygen atoms in total. The normalized spacial score (nSPS) is 18.7. The standard InChI is InChI=1S/C22H20ClN5O4.2H2O/c1-28(31)12-10-26(11-13-28)22(30)32-21-16-5-3-2-4-15(16)20(29)27(21)18-9-7-14-6-8-17(23)24-19(14)25-18;;/h2-9,21H,10-13H2,1H3;2*1H2. The smallest absolute Gasteiger partial charge is 0.412 e. The molecule has 4 N–H and O–H groups in total. The molecule has 180 valence electrons. The predicted molar refractivity (Wildman–Crippen MR) is 125 cm³/mol. The predicted octanol–water partition coefficient (Wildman–Crippen LogP) is 1.69. The van der Waals surface area contributed by atoms with E-state index in [1.165, 1.54) is 9.80 Å². The van der Waals surface area contributed by atoms with Gasteiger partial charge in [0.2, 0.25) is 6.23 Å². The largest absolute Gasteiger partial charge is 0.633 e. The van der Waals surface area contributed by atoms with Crippen molar-refractivity contribution in [3.05, 3.63) is 70.0 Å². The van der Waals surface area contributed by atoms with E-state index in [1.54, 1.807) is 55.6 Å². The number of halogens is 1. The molecule has 2 aromatic heterocycles. The van der Waals surface area contributed by atoms with Gasteiger partial charge in [-0.05, 0) is 30.3 Å². The van der Waals surface area contributed by atoms with Crippen molar-refractivity contribution in [2.24, 2.45) is 0 Å². The third kappa shape index (κ3) is 4.52.